The van der Waals surface area contributed by atoms with Crippen molar-refractivity contribution >= 4 is 27.9 Å². The maximum absolute atomic E-state index is 12.3. The van der Waals surface area contributed by atoms with E-state index in [1.165, 1.54) is 6.26 Å². The van der Waals surface area contributed by atoms with Gasteiger partial charge in [-0.1, -0.05) is 28.1 Å². The summed E-state index contributed by atoms with van der Waals surface area (Å²) >= 11 is 3.37. The first-order chi connectivity index (χ1) is 11.0. The van der Waals surface area contributed by atoms with Crippen molar-refractivity contribution in [1.82, 2.24) is 0 Å². The SMILES string of the molecule is CCOC(=O)C[C@@H](OC(=O)c1ccoc1C)c1cccc(Br)c1. The van der Waals surface area contributed by atoms with E-state index in [4.69, 9.17) is 13.9 Å². The van der Waals surface area contributed by atoms with Gasteiger partial charge in [-0.15, -0.1) is 0 Å². The van der Waals surface area contributed by atoms with E-state index in [1.807, 2.05) is 12.1 Å². The van der Waals surface area contributed by atoms with Crippen LogP contribution in [0.3, 0.4) is 0 Å². The molecule has 0 radical (unpaired) electrons. The van der Waals surface area contributed by atoms with Crippen molar-refractivity contribution in [2.45, 2.75) is 26.4 Å². The molecule has 0 aliphatic carbocycles. The van der Waals surface area contributed by atoms with Gasteiger partial charge < -0.3 is 13.9 Å². The predicted octanol–water partition coefficient (Wildman–Crippen LogP) is 4.20. The summed E-state index contributed by atoms with van der Waals surface area (Å²) in [4.78, 5) is 24.1. The smallest absolute Gasteiger partial charge is 0.342 e. The number of halogens is 1. The Hall–Kier alpha value is -2.08. The predicted molar refractivity (Wildman–Crippen MR) is 87.0 cm³/mol. The van der Waals surface area contributed by atoms with Gasteiger partial charge in [-0.2, -0.15) is 0 Å². The highest BCUT2D eigenvalue weighted by atomic mass is 79.9. The maximum atomic E-state index is 12.3. The number of hydrogen-bond donors (Lipinski definition) is 0. The number of furan rings is 1. The van der Waals surface area contributed by atoms with Gasteiger partial charge >= 0.3 is 11.9 Å². The van der Waals surface area contributed by atoms with Crippen molar-refractivity contribution in [3.05, 3.63) is 58.0 Å². The minimum atomic E-state index is -0.728. The van der Waals surface area contributed by atoms with E-state index in [0.717, 1.165) is 4.47 Å². The first-order valence-electron chi connectivity index (χ1n) is 7.17. The summed E-state index contributed by atoms with van der Waals surface area (Å²) in [6, 6.07) is 8.81. The van der Waals surface area contributed by atoms with E-state index in [0.29, 0.717) is 16.9 Å². The van der Waals surface area contributed by atoms with Crippen molar-refractivity contribution in [1.29, 1.82) is 0 Å². The molecule has 5 nitrogen and oxygen atoms in total. The van der Waals surface area contributed by atoms with Crippen molar-refractivity contribution in [3.63, 3.8) is 0 Å². The lowest BCUT2D eigenvalue weighted by atomic mass is 10.1. The van der Waals surface area contributed by atoms with Crippen LogP contribution in [0.15, 0.2) is 45.5 Å². The first kappa shape index (κ1) is 17.3. The summed E-state index contributed by atoms with van der Waals surface area (Å²) in [6.45, 7) is 3.68. The summed E-state index contributed by atoms with van der Waals surface area (Å²) in [6.07, 6.45) is 0.645. The fraction of sp³-hybridized carbons (Fsp3) is 0.294. The van der Waals surface area contributed by atoms with Gasteiger partial charge in [-0.3, -0.25) is 4.79 Å². The molecule has 0 bridgehead atoms. The molecule has 23 heavy (non-hydrogen) atoms. The molecule has 0 unspecified atom stereocenters. The van der Waals surface area contributed by atoms with Crippen LogP contribution in [0, 0.1) is 6.92 Å². The molecular formula is C17H17BrO5. The fourth-order valence-corrected chi connectivity index (χ4v) is 2.51. The standard InChI is InChI=1S/C17H17BrO5/c1-3-21-16(19)10-15(12-5-4-6-13(18)9-12)23-17(20)14-7-8-22-11(14)2/h4-9,15H,3,10H2,1-2H3/t15-/m1/s1. The van der Waals surface area contributed by atoms with Crippen LogP contribution < -0.4 is 0 Å². The molecule has 0 saturated heterocycles. The van der Waals surface area contributed by atoms with Crippen LogP contribution in [0.2, 0.25) is 0 Å². The number of benzene rings is 1. The summed E-state index contributed by atoms with van der Waals surface area (Å²) in [5.41, 5.74) is 1.05. The third-order valence-corrected chi connectivity index (χ3v) is 3.70. The molecule has 0 fully saturated rings. The van der Waals surface area contributed by atoms with Gasteiger partial charge in [0.05, 0.1) is 19.3 Å². The second-order valence-corrected chi connectivity index (χ2v) is 5.76. The molecule has 2 rings (SSSR count). The second kappa shape index (κ2) is 7.97. The Morgan fingerprint density at radius 1 is 1.30 bits per heavy atom. The quantitative estimate of drug-likeness (QED) is 0.702. The lowest BCUT2D eigenvalue weighted by molar-refractivity contribution is -0.145. The fourth-order valence-electron chi connectivity index (χ4n) is 2.10. The van der Waals surface area contributed by atoms with E-state index in [9.17, 15) is 9.59 Å². The molecule has 1 aromatic heterocycles. The zero-order chi connectivity index (χ0) is 16.8. The molecule has 0 spiro atoms. The third kappa shape index (κ3) is 4.69. The average molecular weight is 381 g/mol. The Labute approximate surface area is 142 Å². The number of hydrogen-bond acceptors (Lipinski definition) is 5. The number of aryl methyl sites for hydroxylation is 1. The van der Waals surface area contributed by atoms with Gasteiger partial charge in [0, 0.05) is 4.47 Å². The maximum Gasteiger partial charge on any atom is 0.342 e. The van der Waals surface area contributed by atoms with Crippen LogP contribution in [-0.4, -0.2) is 18.5 Å². The monoisotopic (exact) mass is 380 g/mol. The molecule has 0 aliphatic rings. The number of esters is 2. The Morgan fingerprint density at radius 3 is 2.70 bits per heavy atom. The van der Waals surface area contributed by atoms with Crippen LogP contribution in [0.25, 0.3) is 0 Å². The number of rotatable bonds is 6. The first-order valence-corrected chi connectivity index (χ1v) is 7.96. The van der Waals surface area contributed by atoms with Gasteiger partial charge in [-0.25, -0.2) is 4.79 Å². The zero-order valence-corrected chi connectivity index (χ0v) is 14.5. The van der Waals surface area contributed by atoms with E-state index in [-0.39, 0.29) is 13.0 Å². The topological polar surface area (TPSA) is 65.7 Å². The number of ether oxygens (including phenoxy) is 2. The molecule has 1 atom stereocenters. The van der Waals surface area contributed by atoms with E-state index >= 15 is 0 Å². The summed E-state index contributed by atoms with van der Waals surface area (Å²) in [5.74, 6) is -0.487. The summed E-state index contributed by atoms with van der Waals surface area (Å²) in [7, 11) is 0. The molecule has 1 aromatic carbocycles. The highest BCUT2D eigenvalue weighted by Gasteiger charge is 2.24. The van der Waals surface area contributed by atoms with Crippen LogP contribution in [-0.2, 0) is 14.3 Å². The highest BCUT2D eigenvalue weighted by molar-refractivity contribution is 9.10. The molecule has 0 N–H and O–H groups in total. The highest BCUT2D eigenvalue weighted by Crippen LogP contribution is 2.26. The summed E-state index contributed by atoms with van der Waals surface area (Å²) in [5, 5.41) is 0. The lowest BCUT2D eigenvalue weighted by Crippen LogP contribution is -2.17. The summed E-state index contributed by atoms with van der Waals surface area (Å²) < 4.78 is 16.4. The molecule has 1 heterocycles. The zero-order valence-electron chi connectivity index (χ0n) is 12.9. The van der Waals surface area contributed by atoms with Gasteiger partial charge in [0.15, 0.2) is 0 Å². The van der Waals surface area contributed by atoms with Crippen LogP contribution >= 0.6 is 15.9 Å². The van der Waals surface area contributed by atoms with Crippen molar-refractivity contribution < 1.29 is 23.5 Å². The largest absolute Gasteiger partial charge is 0.469 e. The second-order valence-electron chi connectivity index (χ2n) is 4.85. The van der Waals surface area contributed by atoms with E-state index in [1.54, 1.807) is 32.0 Å². The normalized spacial score (nSPS) is 11.8. The number of carbonyl (C=O) groups excluding carboxylic acids is 2. The molecule has 6 heteroatoms. The molecule has 0 amide bonds. The molecule has 0 aliphatic heterocycles. The van der Waals surface area contributed by atoms with Gasteiger partial charge in [0.1, 0.15) is 17.4 Å². The molecule has 0 saturated carbocycles. The lowest BCUT2D eigenvalue weighted by Gasteiger charge is -2.18. The molecule has 122 valence electrons. The third-order valence-electron chi connectivity index (χ3n) is 3.21. The van der Waals surface area contributed by atoms with Gasteiger partial charge in [0.25, 0.3) is 0 Å². The average Bonchev–Trinajstić information content (AvgIpc) is 2.93. The molecule has 2 aromatic rings. The number of carbonyl (C=O) groups is 2. The van der Waals surface area contributed by atoms with Crippen molar-refractivity contribution in [2.75, 3.05) is 6.61 Å². The van der Waals surface area contributed by atoms with E-state index < -0.39 is 18.0 Å². The minimum Gasteiger partial charge on any atom is -0.469 e. The van der Waals surface area contributed by atoms with Crippen molar-refractivity contribution in [2.24, 2.45) is 0 Å². The van der Waals surface area contributed by atoms with Crippen LogP contribution in [0.5, 0.6) is 0 Å². The Bertz CT molecular complexity index is 692. The Kier molecular flexibility index (Phi) is 5.98. The van der Waals surface area contributed by atoms with Crippen LogP contribution in [0.1, 0.15) is 41.1 Å². The minimum absolute atomic E-state index is 0.0487. The van der Waals surface area contributed by atoms with Gasteiger partial charge in [0.2, 0.25) is 0 Å². The van der Waals surface area contributed by atoms with Crippen molar-refractivity contribution in [3.8, 4) is 0 Å². The van der Waals surface area contributed by atoms with Crippen LogP contribution in [0.4, 0.5) is 0 Å². The van der Waals surface area contributed by atoms with E-state index in [2.05, 4.69) is 15.9 Å². The van der Waals surface area contributed by atoms with Gasteiger partial charge in [-0.05, 0) is 37.6 Å². The Balaban J connectivity index is 2.21. The Morgan fingerprint density at radius 2 is 2.09 bits per heavy atom. The molecular weight excluding hydrogens is 364 g/mol.